The summed E-state index contributed by atoms with van der Waals surface area (Å²) in [6.45, 7) is 3.27. The molecule has 0 unspecified atom stereocenters. The van der Waals surface area contributed by atoms with Gasteiger partial charge in [-0.3, -0.25) is 4.79 Å². The summed E-state index contributed by atoms with van der Waals surface area (Å²) in [6, 6.07) is 7.41. The van der Waals surface area contributed by atoms with E-state index < -0.39 is 36.3 Å². The molecule has 0 aliphatic carbocycles. The second-order valence-electron chi connectivity index (χ2n) is 7.15. The lowest BCUT2D eigenvalue weighted by Gasteiger charge is -2.11. The van der Waals surface area contributed by atoms with Crippen molar-refractivity contribution in [1.29, 1.82) is 0 Å². The Morgan fingerprint density at radius 2 is 1.88 bits per heavy atom. The van der Waals surface area contributed by atoms with E-state index in [1.54, 1.807) is 13.8 Å². The molecule has 4 aromatic rings. The predicted molar refractivity (Wildman–Crippen MR) is 104 cm³/mol. The third-order valence-electron chi connectivity index (χ3n) is 4.56. The summed E-state index contributed by atoms with van der Waals surface area (Å²) in [4.78, 5) is 20.8. The number of nitrogens with zero attached hydrogens (tertiary/aromatic N) is 3. The lowest BCUT2D eigenvalue weighted by Crippen LogP contribution is -2.26. The molecule has 0 saturated carbocycles. The summed E-state index contributed by atoms with van der Waals surface area (Å²) in [5.74, 6) is -0.967. The first kappa shape index (κ1) is 21.5. The van der Waals surface area contributed by atoms with E-state index in [1.807, 2.05) is 0 Å². The van der Waals surface area contributed by atoms with Crippen molar-refractivity contribution in [2.24, 2.45) is 0 Å². The van der Waals surface area contributed by atoms with Crippen LogP contribution in [0.15, 0.2) is 45.3 Å². The summed E-state index contributed by atoms with van der Waals surface area (Å²) in [5.41, 5.74) is 0.994. The van der Waals surface area contributed by atoms with Gasteiger partial charge < -0.3 is 14.3 Å². The van der Waals surface area contributed by atoms with Gasteiger partial charge in [0, 0.05) is 11.1 Å². The first-order valence-corrected chi connectivity index (χ1v) is 9.46. The second-order valence-corrected chi connectivity index (χ2v) is 7.15. The lowest BCUT2D eigenvalue weighted by molar-refractivity contribution is -0.130. The van der Waals surface area contributed by atoms with E-state index in [0.717, 1.165) is 0 Å². The van der Waals surface area contributed by atoms with E-state index in [4.69, 9.17) is 8.94 Å². The van der Waals surface area contributed by atoms with Crippen molar-refractivity contribution in [3.63, 3.8) is 0 Å². The summed E-state index contributed by atoms with van der Waals surface area (Å²) in [7, 11) is 0. The number of carbonyl (C=O) groups is 1. The van der Waals surface area contributed by atoms with Crippen molar-refractivity contribution in [1.82, 2.24) is 20.4 Å². The number of halogens is 4. The van der Waals surface area contributed by atoms with Gasteiger partial charge in [0.05, 0.1) is 0 Å². The van der Waals surface area contributed by atoms with E-state index in [0.29, 0.717) is 17.0 Å². The Bertz CT molecular complexity index is 1280. The predicted octanol–water partition coefficient (Wildman–Crippen LogP) is 4.92. The van der Waals surface area contributed by atoms with E-state index in [1.165, 1.54) is 36.4 Å². The smallest absolute Gasteiger partial charge is 0.397 e. The van der Waals surface area contributed by atoms with Gasteiger partial charge in [0.25, 0.3) is 5.91 Å². The van der Waals surface area contributed by atoms with Gasteiger partial charge in [0.2, 0.25) is 11.8 Å². The molecule has 32 heavy (non-hydrogen) atoms. The topological polar surface area (TPSA) is 94.1 Å². The Hall–Kier alpha value is -3.76. The van der Waals surface area contributed by atoms with E-state index >= 15 is 0 Å². The molecule has 1 N–H and O–H groups in total. The molecular formula is C21H16F4N4O3. The van der Waals surface area contributed by atoms with Gasteiger partial charge in [-0.2, -0.15) is 18.2 Å². The van der Waals surface area contributed by atoms with E-state index in [9.17, 15) is 22.4 Å². The molecule has 166 valence electrons. The summed E-state index contributed by atoms with van der Waals surface area (Å²) < 4.78 is 62.3. The van der Waals surface area contributed by atoms with Gasteiger partial charge in [-0.05, 0) is 43.7 Å². The fourth-order valence-electron chi connectivity index (χ4n) is 3.13. The number of amides is 1. The highest BCUT2D eigenvalue weighted by Crippen LogP contribution is 2.33. The summed E-state index contributed by atoms with van der Waals surface area (Å²) in [6.07, 6.45) is -5.88. The number of hydrogen-bond donors (Lipinski definition) is 1. The van der Waals surface area contributed by atoms with Crippen LogP contribution in [0, 0.1) is 12.7 Å². The Morgan fingerprint density at radius 1 is 1.16 bits per heavy atom. The SMILES string of the molecule is Cc1noc([C@@H](C)NC(=O)c2cc(-c3ccc(F)cc3)c3oc(CC(F)(F)F)nc3c2)n1. The molecule has 4 rings (SSSR count). The average molecular weight is 448 g/mol. The molecule has 2 heterocycles. The molecule has 7 nitrogen and oxygen atoms in total. The molecule has 0 aliphatic rings. The second kappa shape index (κ2) is 8.06. The minimum atomic E-state index is -4.52. The van der Waals surface area contributed by atoms with Crippen LogP contribution < -0.4 is 5.32 Å². The fourth-order valence-corrected chi connectivity index (χ4v) is 3.13. The minimum absolute atomic E-state index is 0.0629. The summed E-state index contributed by atoms with van der Waals surface area (Å²) in [5, 5.41) is 6.36. The Balaban J connectivity index is 1.75. The van der Waals surface area contributed by atoms with Crippen molar-refractivity contribution >= 4 is 17.0 Å². The highest BCUT2D eigenvalue weighted by atomic mass is 19.4. The van der Waals surface area contributed by atoms with Crippen LogP contribution in [-0.4, -0.2) is 27.2 Å². The van der Waals surface area contributed by atoms with Crippen LogP contribution in [0.1, 0.15) is 40.9 Å². The van der Waals surface area contributed by atoms with Gasteiger partial charge in [0.15, 0.2) is 11.4 Å². The highest BCUT2D eigenvalue weighted by molar-refractivity contribution is 6.02. The van der Waals surface area contributed by atoms with Crippen LogP contribution >= 0.6 is 0 Å². The van der Waals surface area contributed by atoms with Gasteiger partial charge in [-0.15, -0.1) is 0 Å². The molecule has 0 spiro atoms. The molecule has 1 atom stereocenters. The third kappa shape index (κ3) is 4.61. The molecule has 0 aliphatic heterocycles. The lowest BCUT2D eigenvalue weighted by atomic mass is 10.0. The first-order valence-electron chi connectivity index (χ1n) is 9.46. The number of aryl methyl sites for hydroxylation is 1. The zero-order valence-electron chi connectivity index (χ0n) is 16.8. The number of hydrogen-bond acceptors (Lipinski definition) is 6. The fraction of sp³-hybridized carbons (Fsp3) is 0.238. The quantitative estimate of drug-likeness (QED) is 0.436. The zero-order valence-corrected chi connectivity index (χ0v) is 16.8. The monoisotopic (exact) mass is 448 g/mol. The number of rotatable bonds is 5. The van der Waals surface area contributed by atoms with Crippen molar-refractivity contribution in [3.8, 4) is 11.1 Å². The van der Waals surface area contributed by atoms with Crippen LogP contribution in [0.5, 0.6) is 0 Å². The molecule has 2 aromatic heterocycles. The highest BCUT2D eigenvalue weighted by Gasteiger charge is 2.31. The molecular weight excluding hydrogens is 432 g/mol. The van der Waals surface area contributed by atoms with Gasteiger partial charge in [-0.1, -0.05) is 17.3 Å². The van der Waals surface area contributed by atoms with Gasteiger partial charge in [0.1, 0.15) is 23.8 Å². The molecule has 0 saturated heterocycles. The molecule has 0 bridgehead atoms. The number of aromatic nitrogens is 3. The number of carbonyl (C=O) groups excluding carboxylic acids is 1. The maximum atomic E-state index is 13.4. The minimum Gasteiger partial charge on any atom is -0.440 e. The third-order valence-corrected chi connectivity index (χ3v) is 4.56. The molecule has 0 fully saturated rings. The van der Waals surface area contributed by atoms with Crippen LogP contribution in [0.3, 0.4) is 0 Å². The number of fused-ring (bicyclic) bond motifs is 1. The normalized spacial score (nSPS) is 12.8. The van der Waals surface area contributed by atoms with Crippen LogP contribution in [0.4, 0.5) is 17.6 Å². The van der Waals surface area contributed by atoms with Crippen LogP contribution in [0.2, 0.25) is 0 Å². The van der Waals surface area contributed by atoms with E-state index in [-0.39, 0.29) is 22.6 Å². The number of alkyl halides is 3. The maximum absolute atomic E-state index is 13.4. The van der Waals surface area contributed by atoms with Crippen molar-refractivity contribution < 1.29 is 31.3 Å². The number of nitrogens with one attached hydrogen (secondary N) is 1. The number of benzene rings is 2. The zero-order chi connectivity index (χ0) is 23.0. The van der Waals surface area contributed by atoms with Crippen molar-refractivity contribution in [2.75, 3.05) is 0 Å². The molecule has 2 aromatic carbocycles. The van der Waals surface area contributed by atoms with Gasteiger partial charge >= 0.3 is 6.18 Å². The van der Waals surface area contributed by atoms with Gasteiger partial charge in [-0.25, -0.2) is 9.37 Å². The van der Waals surface area contributed by atoms with Crippen molar-refractivity contribution in [2.45, 2.75) is 32.5 Å². The Kier molecular flexibility index (Phi) is 5.41. The van der Waals surface area contributed by atoms with E-state index in [2.05, 4.69) is 20.4 Å². The Morgan fingerprint density at radius 3 is 2.50 bits per heavy atom. The largest absolute Gasteiger partial charge is 0.440 e. The Labute approximate surface area is 178 Å². The van der Waals surface area contributed by atoms with Crippen LogP contribution in [-0.2, 0) is 6.42 Å². The maximum Gasteiger partial charge on any atom is 0.397 e. The summed E-state index contributed by atoms with van der Waals surface area (Å²) >= 11 is 0. The standard InChI is InChI=1S/C21H16F4N4O3/c1-10(20-27-11(2)29-32-20)26-19(30)13-7-15(12-3-5-14(22)6-4-12)18-16(8-13)28-17(31-18)9-21(23,24)25/h3-8,10H,9H2,1-2H3,(H,26,30)/t10-/m1/s1. The van der Waals surface area contributed by atoms with Crippen LogP contribution in [0.25, 0.3) is 22.2 Å². The molecule has 0 radical (unpaired) electrons. The average Bonchev–Trinajstić information content (AvgIpc) is 3.32. The number of oxazole rings is 1. The molecule has 11 heteroatoms. The van der Waals surface area contributed by atoms with Crippen molar-refractivity contribution in [3.05, 3.63) is 65.4 Å². The first-order chi connectivity index (χ1) is 15.1. The molecule has 1 amide bonds.